The molecule has 3 aromatic rings. The summed E-state index contributed by atoms with van der Waals surface area (Å²) in [7, 11) is 0. The number of rotatable bonds is 10. The van der Waals surface area contributed by atoms with Crippen molar-refractivity contribution in [2.45, 2.75) is 25.8 Å². The molecule has 0 spiro atoms. The molecule has 1 aromatic carbocycles. The van der Waals surface area contributed by atoms with Gasteiger partial charge in [-0.1, -0.05) is 29.3 Å². The number of pyridine rings is 1. The number of nitrogens with zero attached hydrogens (tertiary/aromatic N) is 3. The second kappa shape index (κ2) is 12.3. The third-order valence-electron chi connectivity index (χ3n) is 6.35. The number of benzene rings is 1. The zero-order chi connectivity index (χ0) is 26.4. The van der Waals surface area contributed by atoms with Crippen molar-refractivity contribution in [3.05, 3.63) is 68.4 Å². The Morgan fingerprint density at radius 1 is 1.19 bits per heavy atom. The highest BCUT2D eigenvalue weighted by molar-refractivity contribution is 6.36. The number of nitrogens with two attached hydrogens (primary N) is 1. The number of halogens is 2. The van der Waals surface area contributed by atoms with Crippen molar-refractivity contribution in [1.29, 1.82) is 0 Å². The highest BCUT2D eigenvalue weighted by Gasteiger charge is 2.20. The first-order valence-corrected chi connectivity index (χ1v) is 12.9. The van der Waals surface area contributed by atoms with Gasteiger partial charge in [0.15, 0.2) is 0 Å². The third kappa shape index (κ3) is 6.91. The van der Waals surface area contributed by atoms with Crippen molar-refractivity contribution in [2.75, 3.05) is 37.2 Å². The summed E-state index contributed by atoms with van der Waals surface area (Å²) in [4.78, 5) is 27.6. The topological polar surface area (TPSA) is 140 Å². The molecule has 5 N–H and O–H groups in total. The van der Waals surface area contributed by atoms with Gasteiger partial charge in [-0.25, -0.2) is 4.98 Å². The lowest BCUT2D eigenvalue weighted by Gasteiger charge is -2.22. The number of nitro groups is 1. The van der Waals surface area contributed by atoms with Crippen LogP contribution >= 0.6 is 23.2 Å². The molecule has 0 saturated carbocycles. The number of nitrogens with one attached hydrogen (secondary N) is 3. The fourth-order valence-corrected chi connectivity index (χ4v) is 4.87. The highest BCUT2D eigenvalue weighted by Crippen LogP contribution is 2.33. The van der Waals surface area contributed by atoms with Crippen LogP contribution in [0.25, 0.3) is 11.1 Å². The van der Waals surface area contributed by atoms with Crippen LogP contribution in [0.15, 0.2) is 42.7 Å². The average Bonchev–Trinajstić information content (AvgIpc) is 3.29. The van der Waals surface area contributed by atoms with Crippen LogP contribution in [0, 0.1) is 16.0 Å². The first-order chi connectivity index (χ1) is 17.8. The molecule has 2 aromatic heterocycles. The van der Waals surface area contributed by atoms with E-state index in [1.54, 1.807) is 12.1 Å². The van der Waals surface area contributed by atoms with Gasteiger partial charge < -0.3 is 26.3 Å². The maximum atomic E-state index is 13.2. The summed E-state index contributed by atoms with van der Waals surface area (Å²) in [6, 6.07) is 8.09. The molecule has 12 heteroatoms. The molecule has 0 radical (unpaired) electrons. The van der Waals surface area contributed by atoms with Crippen molar-refractivity contribution in [1.82, 2.24) is 20.2 Å². The van der Waals surface area contributed by atoms with Gasteiger partial charge >= 0.3 is 5.69 Å². The lowest BCUT2D eigenvalue weighted by Crippen LogP contribution is -2.36. The molecule has 1 amide bonds. The molecule has 196 valence electrons. The van der Waals surface area contributed by atoms with E-state index in [-0.39, 0.29) is 17.4 Å². The van der Waals surface area contributed by atoms with Crippen molar-refractivity contribution in [3.63, 3.8) is 0 Å². The van der Waals surface area contributed by atoms with Gasteiger partial charge in [0.05, 0.1) is 10.5 Å². The molecular weight excluding hydrogens is 517 g/mol. The number of carbonyl (C=O) groups is 1. The molecule has 0 aliphatic carbocycles. The first-order valence-electron chi connectivity index (χ1n) is 12.1. The van der Waals surface area contributed by atoms with Gasteiger partial charge in [0.2, 0.25) is 5.82 Å². The van der Waals surface area contributed by atoms with E-state index in [2.05, 4.69) is 20.9 Å². The number of carbonyl (C=O) groups excluding carboxylic acids is 1. The molecule has 4 rings (SSSR count). The second-order valence-electron chi connectivity index (χ2n) is 8.99. The number of anilines is 2. The summed E-state index contributed by atoms with van der Waals surface area (Å²) in [5, 5.41) is 21.5. The number of hydrogen-bond acceptors (Lipinski definition) is 7. The highest BCUT2D eigenvalue weighted by atomic mass is 35.5. The van der Waals surface area contributed by atoms with Gasteiger partial charge in [-0.2, -0.15) is 0 Å². The van der Waals surface area contributed by atoms with Gasteiger partial charge in [-0.3, -0.25) is 14.9 Å². The summed E-state index contributed by atoms with van der Waals surface area (Å²) < 4.78 is 1.96. The van der Waals surface area contributed by atoms with Crippen molar-refractivity contribution < 1.29 is 9.72 Å². The molecule has 3 heterocycles. The van der Waals surface area contributed by atoms with E-state index in [0.717, 1.165) is 37.1 Å². The summed E-state index contributed by atoms with van der Waals surface area (Å²) in [5.74, 6) is 0.650. The van der Waals surface area contributed by atoms with Crippen LogP contribution in [0.5, 0.6) is 0 Å². The summed E-state index contributed by atoms with van der Waals surface area (Å²) in [5.41, 5.74) is 7.46. The first kappa shape index (κ1) is 26.7. The molecule has 0 atom stereocenters. The molecule has 1 aliphatic heterocycles. The van der Waals surface area contributed by atoms with Crippen LogP contribution in [0.3, 0.4) is 0 Å². The normalized spacial score (nSPS) is 13.9. The number of piperidine rings is 1. The lowest BCUT2D eigenvalue weighted by molar-refractivity contribution is -0.384. The molecule has 1 aliphatic rings. The van der Waals surface area contributed by atoms with Crippen LogP contribution in [0.4, 0.5) is 17.3 Å². The van der Waals surface area contributed by atoms with Crippen LogP contribution in [-0.4, -0.2) is 46.6 Å². The number of hydrogen-bond donors (Lipinski definition) is 4. The minimum absolute atomic E-state index is 0.134. The van der Waals surface area contributed by atoms with Crippen LogP contribution in [0.2, 0.25) is 10.0 Å². The van der Waals surface area contributed by atoms with E-state index >= 15 is 0 Å². The van der Waals surface area contributed by atoms with Gasteiger partial charge in [0.1, 0.15) is 5.82 Å². The molecule has 0 unspecified atom stereocenters. The third-order valence-corrected chi connectivity index (χ3v) is 6.90. The fraction of sp³-hybridized carbons (Fsp3) is 0.360. The molecule has 1 fully saturated rings. The van der Waals surface area contributed by atoms with Gasteiger partial charge in [0.25, 0.3) is 5.91 Å². The van der Waals surface area contributed by atoms with Crippen LogP contribution in [-0.2, 0) is 6.54 Å². The van der Waals surface area contributed by atoms with Gasteiger partial charge in [-0.05, 0) is 56.5 Å². The summed E-state index contributed by atoms with van der Waals surface area (Å²) >= 11 is 12.6. The van der Waals surface area contributed by atoms with Crippen LogP contribution < -0.4 is 21.7 Å². The summed E-state index contributed by atoms with van der Waals surface area (Å²) in [6.45, 7) is 3.75. The Labute approximate surface area is 224 Å². The predicted molar refractivity (Wildman–Crippen MR) is 146 cm³/mol. The molecule has 1 saturated heterocycles. The number of aryl methyl sites for hydroxylation is 1. The van der Waals surface area contributed by atoms with E-state index in [0.29, 0.717) is 53.4 Å². The zero-order valence-corrected chi connectivity index (χ0v) is 21.7. The van der Waals surface area contributed by atoms with E-state index < -0.39 is 4.92 Å². The standard InChI is InChI=1S/C25H29Cl2N7O3/c26-17-2-3-18(21(27)12-17)19-14-33(15-20(19)25(35)31-13-16-6-9-29-10-7-16)11-1-8-30-23-5-4-22(34(36)37)24(28)32-23/h2-5,12,14-16,29H,1,6-11,13H2,(H,31,35)(H3,28,30,32). The van der Waals surface area contributed by atoms with E-state index in [1.165, 1.54) is 12.1 Å². The SMILES string of the molecule is Nc1nc(NCCCn2cc(C(=O)NCC3CCNCC3)c(-c3ccc(Cl)cc3Cl)c2)ccc1[N+](=O)[O-]. The van der Waals surface area contributed by atoms with Crippen molar-refractivity contribution in [2.24, 2.45) is 5.92 Å². The largest absolute Gasteiger partial charge is 0.378 e. The minimum atomic E-state index is -0.567. The predicted octanol–water partition coefficient (Wildman–Crippen LogP) is 4.58. The van der Waals surface area contributed by atoms with E-state index in [9.17, 15) is 14.9 Å². The molecule has 37 heavy (non-hydrogen) atoms. The van der Waals surface area contributed by atoms with Crippen LogP contribution in [0.1, 0.15) is 29.6 Å². The average molecular weight is 546 g/mol. The quantitative estimate of drug-likeness (QED) is 0.166. The van der Waals surface area contributed by atoms with Crippen molar-refractivity contribution in [3.8, 4) is 11.1 Å². The van der Waals surface area contributed by atoms with E-state index in [4.69, 9.17) is 28.9 Å². The van der Waals surface area contributed by atoms with Crippen molar-refractivity contribution >= 4 is 46.4 Å². The number of aromatic nitrogens is 2. The minimum Gasteiger partial charge on any atom is -0.378 e. The maximum Gasteiger partial charge on any atom is 0.311 e. The fourth-order valence-electron chi connectivity index (χ4n) is 4.36. The molecule has 10 nitrogen and oxygen atoms in total. The van der Waals surface area contributed by atoms with E-state index in [1.807, 2.05) is 23.0 Å². The zero-order valence-electron chi connectivity index (χ0n) is 20.2. The Balaban J connectivity index is 1.44. The van der Waals surface area contributed by atoms with Gasteiger partial charge in [-0.15, -0.1) is 0 Å². The molecule has 0 bridgehead atoms. The second-order valence-corrected chi connectivity index (χ2v) is 9.83. The van der Waals surface area contributed by atoms with Gasteiger partial charge in [0, 0.05) is 59.3 Å². The molecular formula is C25H29Cl2N7O3. The Kier molecular flexibility index (Phi) is 8.86. The Morgan fingerprint density at radius 2 is 1.97 bits per heavy atom. The Bertz CT molecular complexity index is 1280. The number of amides is 1. The Morgan fingerprint density at radius 3 is 2.68 bits per heavy atom. The smallest absolute Gasteiger partial charge is 0.311 e. The Hall–Kier alpha value is -3.34. The lowest BCUT2D eigenvalue weighted by atomic mass is 9.98. The summed E-state index contributed by atoms with van der Waals surface area (Å²) in [6.07, 6.45) is 6.53. The number of nitrogen functional groups attached to an aromatic ring is 1. The maximum absolute atomic E-state index is 13.2. The monoisotopic (exact) mass is 545 g/mol.